The lowest BCUT2D eigenvalue weighted by Crippen LogP contribution is -2.32. The van der Waals surface area contributed by atoms with Gasteiger partial charge in [-0.05, 0) is 64.3 Å². The average molecular weight is 439 g/mol. The molecule has 0 unspecified atom stereocenters. The summed E-state index contributed by atoms with van der Waals surface area (Å²) in [7, 11) is 0. The first-order valence-corrected chi connectivity index (χ1v) is 12.1. The Morgan fingerprint density at radius 3 is 1.76 bits per heavy atom. The molecule has 4 aromatic rings. The van der Waals surface area contributed by atoms with Gasteiger partial charge in [-0.15, -0.1) is 0 Å². The molecule has 0 fully saturated rings. The lowest BCUT2D eigenvalue weighted by atomic mass is 9.63. The summed E-state index contributed by atoms with van der Waals surface area (Å²) in [4.78, 5) is 0. The summed E-state index contributed by atoms with van der Waals surface area (Å²) in [6.45, 7) is 5.90. The van der Waals surface area contributed by atoms with Crippen molar-refractivity contribution >= 4 is 5.57 Å². The molecule has 5 rings (SSSR count). The number of aryl methyl sites for hydroxylation is 2. The summed E-state index contributed by atoms with van der Waals surface area (Å²) in [6, 6.07) is 38.2. The second-order valence-electron chi connectivity index (χ2n) is 8.85. The third kappa shape index (κ3) is 3.66. The molecule has 0 heterocycles. The largest absolute Gasteiger partial charge is 0.0991 e. The predicted octanol–water partition coefficient (Wildman–Crippen LogP) is 8.31. The first-order valence-electron chi connectivity index (χ1n) is 12.1. The van der Waals surface area contributed by atoms with Crippen LogP contribution in [0.1, 0.15) is 45.9 Å². The lowest BCUT2D eigenvalue weighted by Gasteiger charge is -2.38. The van der Waals surface area contributed by atoms with Crippen molar-refractivity contribution in [2.45, 2.75) is 25.2 Å². The number of fused-ring (bicyclic) bond motifs is 2. The van der Waals surface area contributed by atoms with Gasteiger partial charge in [-0.2, -0.15) is 0 Å². The fourth-order valence-electron chi connectivity index (χ4n) is 5.54. The highest BCUT2D eigenvalue weighted by atomic mass is 14.4. The average Bonchev–Trinajstić information content (AvgIpc) is 3.05. The molecule has 0 amide bonds. The van der Waals surface area contributed by atoms with Crippen LogP contribution in [-0.2, 0) is 18.3 Å². The van der Waals surface area contributed by atoms with Crippen LogP contribution in [0.25, 0.3) is 5.57 Å². The molecule has 166 valence electrons. The van der Waals surface area contributed by atoms with E-state index in [1.54, 1.807) is 0 Å². The quantitative estimate of drug-likeness (QED) is 0.275. The molecule has 0 bridgehead atoms. The van der Waals surface area contributed by atoms with E-state index in [9.17, 15) is 0 Å². The van der Waals surface area contributed by atoms with Crippen molar-refractivity contribution in [1.29, 1.82) is 0 Å². The minimum absolute atomic E-state index is 0.365. The second kappa shape index (κ2) is 9.53. The van der Waals surface area contributed by atoms with Crippen molar-refractivity contribution < 1.29 is 0 Å². The van der Waals surface area contributed by atoms with Crippen LogP contribution in [0.3, 0.4) is 0 Å². The van der Waals surface area contributed by atoms with Crippen molar-refractivity contribution in [3.05, 3.63) is 173 Å². The van der Waals surface area contributed by atoms with Gasteiger partial charge in [0.15, 0.2) is 0 Å². The van der Waals surface area contributed by atoms with Crippen LogP contribution >= 0.6 is 0 Å². The van der Waals surface area contributed by atoms with E-state index in [4.69, 9.17) is 0 Å². The molecule has 0 saturated carbocycles. The smallest absolute Gasteiger partial charge is 0.0706 e. The maximum Gasteiger partial charge on any atom is 0.0706 e. The van der Waals surface area contributed by atoms with E-state index in [1.807, 2.05) is 12.2 Å². The van der Waals surface area contributed by atoms with Gasteiger partial charge < -0.3 is 0 Å². The Labute approximate surface area is 203 Å². The fraction of sp³-hybridized carbons (Fsp3) is 0.118. The molecule has 0 radical (unpaired) electrons. The van der Waals surface area contributed by atoms with E-state index < -0.39 is 0 Å². The minimum atomic E-state index is -0.365. The first-order chi connectivity index (χ1) is 16.8. The highest BCUT2D eigenvalue weighted by molar-refractivity contribution is 5.75. The molecule has 0 spiro atoms. The molecule has 1 aliphatic carbocycles. The monoisotopic (exact) mass is 438 g/mol. The number of hydrogen-bond donors (Lipinski definition) is 0. The van der Waals surface area contributed by atoms with Crippen LogP contribution in [0.4, 0.5) is 0 Å². The molecule has 0 aliphatic heterocycles. The molecule has 4 aromatic carbocycles. The predicted molar refractivity (Wildman–Crippen MR) is 145 cm³/mol. The van der Waals surface area contributed by atoms with E-state index in [2.05, 4.69) is 129 Å². The minimum Gasteiger partial charge on any atom is -0.0991 e. The van der Waals surface area contributed by atoms with Crippen molar-refractivity contribution in [1.82, 2.24) is 0 Å². The Balaban J connectivity index is 1.82. The van der Waals surface area contributed by atoms with Gasteiger partial charge >= 0.3 is 0 Å². The van der Waals surface area contributed by atoms with Gasteiger partial charge in [0.05, 0.1) is 5.41 Å². The molecule has 0 nitrogen and oxygen atoms in total. The Kier molecular flexibility index (Phi) is 6.14. The van der Waals surface area contributed by atoms with Crippen molar-refractivity contribution in [3.8, 4) is 0 Å². The Hall–Kier alpha value is -3.90. The van der Waals surface area contributed by atoms with Crippen LogP contribution in [0.2, 0.25) is 0 Å². The topological polar surface area (TPSA) is 0 Å². The van der Waals surface area contributed by atoms with Crippen LogP contribution < -0.4 is 0 Å². The van der Waals surface area contributed by atoms with Gasteiger partial charge in [0, 0.05) is 0 Å². The van der Waals surface area contributed by atoms with Gasteiger partial charge in [-0.3, -0.25) is 0 Å². The van der Waals surface area contributed by atoms with Crippen molar-refractivity contribution in [2.75, 3.05) is 0 Å². The molecule has 0 heteroatoms. The summed E-state index contributed by atoms with van der Waals surface area (Å²) in [5, 5.41) is 0. The maximum atomic E-state index is 3.82. The number of hydrogen-bond acceptors (Lipinski definition) is 0. The lowest BCUT2D eigenvalue weighted by molar-refractivity contribution is 0.739. The zero-order chi connectivity index (χ0) is 23.4. The summed E-state index contributed by atoms with van der Waals surface area (Å²) in [6.07, 6.45) is 10.2. The highest BCUT2D eigenvalue weighted by Crippen LogP contribution is 2.49. The maximum absolute atomic E-state index is 3.82. The van der Waals surface area contributed by atoms with E-state index in [-0.39, 0.29) is 5.41 Å². The second-order valence-corrected chi connectivity index (χ2v) is 8.85. The summed E-state index contributed by atoms with van der Waals surface area (Å²) >= 11 is 0. The third-order valence-electron chi connectivity index (χ3n) is 7.09. The first kappa shape index (κ1) is 21.9. The molecule has 0 aromatic heterocycles. The van der Waals surface area contributed by atoms with Gasteiger partial charge in [0.25, 0.3) is 0 Å². The highest BCUT2D eigenvalue weighted by Gasteiger charge is 2.42. The molecule has 0 atom stereocenters. The van der Waals surface area contributed by atoms with Gasteiger partial charge in [0.1, 0.15) is 0 Å². The molecule has 0 N–H and O–H groups in total. The molecular formula is C34H30. The van der Waals surface area contributed by atoms with Gasteiger partial charge in [-0.25, -0.2) is 0 Å². The zero-order valence-corrected chi connectivity index (χ0v) is 19.7. The van der Waals surface area contributed by atoms with Crippen molar-refractivity contribution in [3.63, 3.8) is 0 Å². The Bertz CT molecular complexity index is 1300. The zero-order valence-electron chi connectivity index (χ0n) is 19.7. The van der Waals surface area contributed by atoms with Crippen LogP contribution in [-0.4, -0.2) is 0 Å². The van der Waals surface area contributed by atoms with E-state index in [1.165, 1.54) is 44.5 Å². The van der Waals surface area contributed by atoms with Gasteiger partial charge in [0.2, 0.25) is 0 Å². The SMILES string of the molecule is C=C/C=C\C(=C/C)c1ccc(C2(c3ccccc3)c3ccccc3CCc3ccccc32)cc1. The molecule has 34 heavy (non-hydrogen) atoms. The Morgan fingerprint density at radius 2 is 1.21 bits per heavy atom. The normalized spacial score (nSPS) is 14.8. The van der Waals surface area contributed by atoms with E-state index in [0.29, 0.717) is 0 Å². The third-order valence-corrected chi connectivity index (χ3v) is 7.09. The van der Waals surface area contributed by atoms with Gasteiger partial charge in [-0.1, -0.05) is 134 Å². The molecule has 0 saturated heterocycles. The van der Waals surface area contributed by atoms with Crippen LogP contribution in [0.5, 0.6) is 0 Å². The standard InChI is InChI=1S/C34H30/c1-3-5-13-26(4-2)27-22-24-31(25-23-27)34(30-16-7-6-8-17-30)32-18-11-9-14-28(32)20-21-29-15-10-12-19-33(29)34/h3-19,22-25H,1,20-21H2,2H3/b13-5-,26-4+. The fourth-order valence-corrected chi connectivity index (χ4v) is 5.54. The van der Waals surface area contributed by atoms with E-state index in [0.717, 1.165) is 12.8 Å². The number of allylic oxidation sites excluding steroid dienone is 5. The van der Waals surface area contributed by atoms with Crippen molar-refractivity contribution in [2.24, 2.45) is 0 Å². The molecular weight excluding hydrogens is 408 g/mol. The summed E-state index contributed by atoms with van der Waals surface area (Å²) in [5.41, 5.74) is 10.3. The van der Waals surface area contributed by atoms with E-state index >= 15 is 0 Å². The summed E-state index contributed by atoms with van der Waals surface area (Å²) < 4.78 is 0. The number of rotatable bonds is 5. The summed E-state index contributed by atoms with van der Waals surface area (Å²) in [5.74, 6) is 0. The van der Waals surface area contributed by atoms with Crippen LogP contribution in [0.15, 0.2) is 134 Å². The number of benzene rings is 4. The van der Waals surface area contributed by atoms with Crippen LogP contribution in [0, 0.1) is 0 Å². The Morgan fingerprint density at radius 1 is 0.676 bits per heavy atom. The molecule has 1 aliphatic rings.